The number of benzene rings is 3. The van der Waals surface area contributed by atoms with E-state index in [0.29, 0.717) is 11.4 Å². The molecule has 8 heteroatoms. The summed E-state index contributed by atoms with van der Waals surface area (Å²) in [6, 6.07) is 19.0. The molecule has 6 rings (SSSR count). The Labute approximate surface area is 205 Å². The van der Waals surface area contributed by atoms with Crippen LogP contribution in [0.1, 0.15) is 24.0 Å². The lowest BCUT2D eigenvalue weighted by atomic mass is 10.1. The molecule has 0 unspecified atom stereocenters. The van der Waals surface area contributed by atoms with Crippen molar-refractivity contribution in [1.29, 1.82) is 0 Å². The van der Waals surface area contributed by atoms with E-state index in [4.69, 9.17) is 9.98 Å². The van der Waals surface area contributed by atoms with Gasteiger partial charge < -0.3 is 9.88 Å². The van der Waals surface area contributed by atoms with Gasteiger partial charge in [-0.25, -0.2) is 4.98 Å². The molecule has 0 bridgehead atoms. The molecule has 1 aromatic heterocycles. The van der Waals surface area contributed by atoms with E-state index < -0.39 is 11.7 Å². The highest BCUT2D eigenvalue weighted by Gasteiger charge is 2.30. The van der Waals surface area contributed by atoms with Crippen LogP contribution in [0.3, 0.4) is 0 Å². The monoisotopic (exact) mass is 485 g/mol. The van der Waals surface area contributed by atoms with Crippen molar-refractivity contribution in [1.82, 2.24) is 14.5 Å². The molecule has 2 aliphatic carbocycles. The Morgan fingerprint density at radius 1 is 0.972 bits per heavy atom. The van der Waals surface area contributed by atoms with E-state index in [2.05, 4.69) is 10.3 Å². The summed E-state index contributed by atoms with van der Waals surface area (Å²) in [7, 11) is 0. The lowest BCUT2D eigenvalue weighted by molar-refractivity contribution is -0.137. The number of rotatable bonds is 4. The minimum absolute atomic E-state index is 0.270. The van der Waals surface area contributed by atoms with E-state index >= 15 is 0 Å². The Morgan fingerprint density at radius 2 is 1.75 bits per heavy atom. The number of para-hydroxylation sites is 2. The van der Waals surface area contributed by atoms with Gasteiger partial charge in [-0.1, -0.05) is 12.1 Å². The van der Waals surface area contributed by atoms with Gasteiger partial charge in [-0.05, 0) is 79.9 Å². The molecule has 0 atom stereocenters. The fourth-order valence-corrected chi connectivity index (χ4v) is 4.31. The second-order valence-corrected chi connectivity index (χ2v) is 9.07. The highest BCUT2D eigenvalue weighted by atomic mass is 19.4. The summed E-state index contributed by atoms with van der Waals surface area (Å²) in [5.74, 6) is 0. The first kappa shape index (κ1) is 22.3. The number of aryl methyl sites for hydroxylation is 1. The SMILES string of the molecule is Cc1cncc(Nc2cc3nc4ccccc4n(-c4ccc(C(F)(F)F)cc4)c-3cc2=NC2CC2)c1. The van der Waals surface area contributed by atoms with E-state index in [1.54, 1.807) is 12.4 Å². The Kier molecular flexibility index (Phi) is 5.25. The van der Waals surface area contributed by atoms with Crippen LogP contribution in [0, 0.1) is 6.92 Å². The van der Waals surface area contributed by atoms with Gasteiger partial charge in [0.15, 0.2) is 0 Å². The Balaban J connectivity index is 1.59. The number of hydrogen-bond donors (Lipinski definition) is 1. The Bertz CT molecular complexity index is 1620. The highest BCUT2D eigenvalue weighted by Crippen LogP contribution is 2.33. The van der Waals surface area contributed by atoms with Gasteiger partial charge in [-0.15, -0.1) is 0 Å². The summed E-state index contributed by atoms with van der Waals surface area (Å²) >= 11 is 0. The standard InChI is InChI=1S/C28H22F3N5/c1-17-12-20(16-32-15-17)34-23-13-25-27(14-24(23)33-19-8-9-19)36(26-5-3-2-4-22(26)35-25)21-10-6-18(7-11-21)28(29,30)31/h2-7,10-16,19,34H,8-9H2,1H3. The van der Waals surface area contributed by atoms with E-state index in [0.717, 1.165) is 64.0 Å². The van der Waals surface area contributed by atoms with E-state index in [1.165, 1.54) is 12.1 Å². The summed E-state index contributed by atoms with van der Waals surface area (Å²) < 4.78 is 41.6. The van der Waals surface area contributed by atoms with Crippen LogP contribution in [0.5, 0.6) is 0 Å². The first-order chi connectivity index (χ1) is 17.3. The van der Waals surface area contributed by atoms with Gasteiger partial charge in [-0.3, -0.25) is 9.98 Å². The number of fused-ring (bicyclic) bond motifs is 2. The van der Waals surface area contributed by atoms with Gasteiger partial charge in [0, 0.05) is 11.9 Å². The molecule has 0 radical (unpaired) electrons. The third kappa shape index (κ3) is 4.30. The van der Waals surface area contributed by atoms with Crippen molar-refractivity contribution in [2.45, 2.75) is 32.0 Å². The van der Waals surface area contributed by atoms with Crippen LogP contribution in [0.25, 0.3) is 28.1 Å². The molecular weight excluding hydrogens is 463 g/mol. The van der Waals surface area contributed by atoms with Gasteiger partial charge in [0.25, 0.3) is 0 Å². The maximum absolute atomic E-state index is 13.2. The average Bonchev–Trinajstić information content (AvgIpc) is 3.67. The molecule has 1 aliphatic heterocycles. The summed E-state index contributed by atoms with van der Waals surface area (Å²) in [5.41, 5.74) is 5.62. The number of pyridine rings is 1. The van der Waals surface area contributed by atoms with E-state index in [1.807, 2.05) is 54.0 Å². The fraction of sp³-hybridized carbons (Fsp3) is 0.179. The molecule has 2 heterocycles. The molecule has 36 heavy (non-hydrogen) atoms. The van der Waals surface area contributed by atoms with Gasteiger partial charge >= 0.3 is 6.18 Å². The maximum Gasteiger partial charge on any atom is 0.416 e. The van der Waals surface area contributed by atoms with Crippen molar-refractivity contribution in [2.75, 3.05) is 5.32 Å². The molecule has 2 aromatic carbocycles. The summed E-state index contributed by atoms with van der Waals surface area (Å²) in [5, 5.41) is 4.22. The molecule has 1 saturated carbocycles. The van der Waals surface area contributed by atoms with Crippen molar-refractivity contribution in [3.8, 4) is 17.1 Å². The van der Waals surface area contributed by atoms with E-state index in [9.17, 15) is 13.2 Å². The number of anilines is 2. The number of halogens is 3. The zero-order valence-electron chi connectivity index (χ0n) is 19.4. The Hall–Kier alpha value is -4.20. The lowest BCUT2D eigenvalue weighted by Crippen LogP contribution is -2.16. The first-order valence-electron chi connectivity index (χ1n) is 11.7. The molecule has 180 valence electrons. The van der Waals surface area contributed by atoms with Crippen LogP contribution in [0.2, 0.25) is 0 Å². The Morgan fingerprint density at radius 3 is 2.47 bits per heavy atom. The van der Waals surface area contributed by atoms with E-state index in [-0.39, 0.29) is 6.04 Å². The van der Waals surface area contributed by atoms with Crippen LogP contribution in [-0.2, 0) is 6.18 Å². The maximum atomic E-state index is 13.2. The molecule has 5 nitrogen and oxygen atoms in total. The van der Waals surface area contributed by atoms with Crippen LogP contribution < -0.4 is 10.7 Å². The number of hydrogen-bond acceptors (Lipinski definition) is 4. The van der Waals surface area contributed by atoms with Crippen LogP contribution >= 0.6 is 0 Å². The zero-order valence-corrected chi connectivity index (χ0v) is 19.4. The molecule has 0 saturated heterocycles. The van der Waals surface area contributed by atoms with Gasteiger partial charge in [-0.2, -0.15) is 13.2 Å². The molecule has 0 spiro atoms. The third-order valence-corrected chi connectivity index (χ3v) is 6.17. The topological polar surface area (TPSA) is 55.1 Å². The molecule has 1 fully saturated rings. The molecule has 3 aromatic rings. The number of nitrogens with zero attached hydrogens (tertiary/aromatic N) is 4. The minimum Gasteiger partial charge on any atom is -0.352 e. The van der Waals surface area contributed by atoms with Gasteiger partial charge in [0.2, 0.25) is 0 Å². The van der Waals surface area contributed by atoms with Crippen LogP contribution in [0.4, 0.5) is 24.5 Å². The first-order valence-corrected chi connectivity index (χ1v) is 11.7. The fourth-order valence-electron chi connectivity index (χ4n) is 4.31. The summed E-state index contributed by atoms with van der Waals surface area (Å²) in [6.07, 6.45) is 1.24. The van der Waals surface area contributed by atoms with Crippen molar-refractivity contribution in [3.63, 3.8) is 0 Å². The van der Waals surface area contributed by atoms with Crippen molar-refractivity contribution < 1.29 is 13.2 Å². The highest BCUT2D eigenvalue weighted by molar-refractivity contribution is 5.84. The summed E-state index contributed by atoms with van der Waals surface area (Å²) in [6.45, 7) is 1.98. The number of aromatic nitrogens is 3. The van der Waals surface area contributed by atoms with Gasteiger partial charge in [0.05, 0.1) is 57.0 Å². The average molecular weight is 486 g/mol. The predicted molar refractivity (Wildman–Crippen MR) is 134 cm³/mol. The number of nitrogens with one attached hydrogen (secondary N) is 1. The van der Waals surface area contributed by atoms with Crippen LogP contribution in [-0.4, -0.2) is 20.6 Å². The second kappa shape index (κ2) is 8.48. The number of alkyl halides is 3. The molecular formula is C28H22F3N5. The zero-order chi connectivity index (χ0) is 24.9. The third-order valence-electron chi connectivity index (χ3n) is 6.17. The second-order valence-electron chi connectivity index (χ2n) is 9.07. The summed E-state index contributed by atoms with van der Waals surface area (Å²) in [4.78, 5) is 14.1. The van der Waals surface area contributed by atoms with Crippen molar-refractivity contribution in [2.24, 2.45) is 4.99 Å². The molecule has 1 N–H and O–H groups in total. The van der Waals surface area contributed by atoms with Gasteiger partial charge in [0.1, 0.15) is 0 Å². The predicted octanol–water partition coefficient (Wildman–Crippen LogP) is 6.66. The quantitative estimate of drug-likeness (QED) is 0.290. The normalized spacial score (nSPS) is 14.5. The minimum atomic E-state index is -4.40. The molecule has 0 amide bonds. The molecule has 3 aliphatic rings. The smallest absolute Gasteiger partial charge is 0.352 e. The van der Waals surface area contributed by atoms with Crippen molar-refractivity contribution >= 4 is 22.4 Å². The lowest BCUT2D eigenvalue weighted by Gasteiger charge is -2.20. The van der Waals surface area contributed by atoms with Crippen LogP contribution in [0.15, 0.2) is 84.1 Å². The largest absolute Gasteiger partial charge is 0.416 e. The van der Waals surface area contributed by atoms with Crippen molar-refractivity contribution in [3.05, 3.63) is 95.6 Å².